The van der Waals surface area contributed by atoms with Crippen molar-refractivity contribution in [2.75, 3.05) is 0 Å². The quantitative estimate of drug-likeness (QED) is 0.124. The number of aromatic nitrogens is 6. The van der Waals surface area contributed by atoms with Crippen LogP contribution in [0.25, 0.3) is 78.4 Å². The molecule has 12 aromatic rings. The number of fused-ring (bicyclic) bond motifs is 11. The van der Waals surface area contributed by atoms with Crippen LogP contribution in [0.2, 0.25) is 0 Å². The first-order valence-electron chi connectivity index (χ1n) is 20.8. The Labute approximate surface area is 351 Å². The van der Waals surface area contributed by atoms with E-state index in [0.717, 1.165) is 85.2 Å². The van der Waals surface area contributed by atoms with E-state index in [1.807, 2.05) is 12.1 Å². The monoisotopic (exact) mass is 800 g/mol. The second-order valence-corrected chi connectivity index (χ2v) is 19.6. The molecule has 0 fully saturated rings. The lowest BCUT2D eigenvalue weighted by Crippen LogP contribution is -2.76. The van der Waals surface area contributed by atoms with E-state index in [0.29, 0.717) is 0 Å². The predicted molar refractivity (Wildman–Crippen MR) is 250 cm³/mol. The van der Waals surface area contributed by atoms with Gasteiger partial charge in [-0.05, 0) is 70.9 Å². The molecule has 0 saturated heterocycles. The van der Waals surface area contributed by atoms with Crippen LogP contribution >= 0.6 is 0 Å². The van der Waals surface area contributed by atoms with Crippen LogP contribution in [0.15, 0.2) is 192 Å². The summed E-state index contributed by atoms with van der Waals surface area (Å²) in [6.45, 7) is 0. The molecule has 7 nitrogen and oxygen atoms in total. The number of hydrogen-bond donors (Lipinski definition) is 0. The first-order valence-corrected chi connectivity index (χ1v) is 22.8. The van der Waals surface area contributed by atoms with Gasteiger partial charge in [-0.25, -0.2) is 15.0 Å². The maximum absolute atomic E-state index is 6.44. The number of benzene rings is 7. The van der Waals surface area contributed by atoms with E-state index < -0.39 is 8.07 Å². The summed E-state index contributed by atoms with van der Waals surface area (Å²) in [5, 5.41) is 6.93. The Kier molecular flexibility index (Phi) is 7.32. The van der Waals surface area contributed by atoms with Gasteiger partial charge in [0, 0.05) is 33.5 Å². The topological polar surface area (TPSA) is 66.1 Å². The molecule has 0 radical (unpaired) electrons. The summed E-state index contributed by atoms with van der Waals surface area (Å²) in [7, 11) is -3.37. The fourth-order valence-corrected chi connectivity index (χ4v) is 14.5. The third kappa shape index (κ3) is 4.88. The third-order valence-electron chi connectivity index (χ3n) is 12.7. The van der Waals surface area contributed by atoms with Crippen molar-refractivity contribution >= 4 is 95.8 Å². The minimum absolute atomic E-state index is 0.762. The molecular weight excluding hydrogens is 765 g/mol. The molecule has 8 heteroatoms. The minimum Gasteiger partial charge on any atom is -0.456 e. The first-order chi connectivity index (χ1) is 30.3. The van der Waals surface area contributed by atoms with Crippen molar-refractivity contribution < 1.29 is 4.42 Å². The number of imidazole rings is 2. The molecule has 5 aromatic heterocycles. The number of nitrogens with zero attached hydrogens (tertiary/aromatic N) is 6. The summed E-state index contributed by atoms with van der Waals surface area (Å²) in [5.74, 6) is 2.40. The van der Waals surface area contributed by atoms with Gasteiger partial charge in [0.2, 0.25) is 13.9 Å². The Bertz CT molecular complexity index is 3690. The van der Waals surface area contributed by atoms with E-state index in [2.05, 4.69) is 196 Å². The molecule has 0 bridgehead atoms. The number of furan rings is 1. The zero-order valence-corrected chi connectivity index (χ0v) is 34.0. The van der Waals surface area contributed by atoms with E-state index >= 15 is 0 Å². The van der Waals surface area contributed by atoms with Crippen LogP contribution in [0, 0.1) is 0 Å². The highest BCUT2D eigenvalue weighted by molar-refractivity contribution is 7.19. The smallest absolute Gasteiger partial charge is 0.226 e. The molecule has 7 aromatic carbocycles. The van der Waals surface area contributed by atoms with Crippen molar-refractivity contribution in [3.05, 3.63) is 199 Å². The molecular formula is C53H36N6OSi. The molecule has 0 unspecified atom stereocenters. The van der Waals surface area contributed by atoms with Crippen molar-refractivity contribution in [3.63, 3.8) is 0 Å². The molecule has 288 valence electrons. The van der Waals surface area contributed by atoms with Crippen LogP contribution in [0.4, 0.5) is 0 Å². The summed E-state index contributed by atoms with van der Waals surface area (Å²) in [6.07, 6.45) is 6.45. The van der Waals surface area contributed by atoms with Crippen LogP contribution in [-0.4, -0.2) is 36.6 Å². The number of allylic oxidation sites excluding steroid dienone is 1. The first kappa shape index (κ1) is 34.1. The number of hydrogen-bond acceptors (Lipinski definition) is 4. The van der Waals surface area contributed by atoms with Crippen molar-refractivity contribution in [1.82, 2.24) is 28.5 Å². The summed E-state index contributed by atoms with van der Waals surface area (Å²) in [4.78, 5) is 17.1. The molecule has 0 N–H and O–H groups in total. The van der Waals surface area contributed by atoms with Gasteiger partial charge in [-0.3, -0.25) is 13.5 Å². The van der Waals surface area contributed by atoms with Crippen LogP contribution < -0.4 is 21.0 Å². The molecule has 0 aliphatic heterocycles. The van der Waals surface area contributed by atoms with Crippen LogP contribution in [0.5, 0.6) is 0 Å². The van der Waals surface area contributed by atoms with Gasteiger partial charge in [0.05, 0.1) is 27.6 Å². The Morgan fingerprint density at radius 1 is 0.475 bits per heavy atom. The highest BCUT2D eigenvalue weighted by atomic mass is 28.3. The van der Waals surface area contributed by atoms with Gasteiger partial charge in [0.25, 0.3) is 0 Å². The van der Waals surface area contributed by atoms with E-state index in [1.54, 1.807) is 0 Å². The molecule has 0 spiro atoms. The highest BCUT2D eigenvalue weighted by Crippen LogP contribution is 2.35. The van der Waals surface area contributed by atoms with Gasteiger partial charge in [-0.2, -0.15) is 0 Å². The lowest BCUT2D eigenvalue weighted by molar-refractivity contribution is 0.669. The normalized spacial score (nSPS) is 13.0. The van der Waals surface area contributed by atoms with Crippen LogP contribution in [-0.2, 0) is 6.42 Å². The van der Waals surface area contributed by atoms with Gasteiger partial charge >= 0.3 is 0 Å². The van der Waals surface area contributed by atoms with Gasteiger partial charge < -0.3 is 4.42 Å². The van der Waals surface area contributed by atoms with Crippen LogP contribution in [0.3, 0.4) is 0 Å². The fraction of sp³-hybridized carbons (Fsp3) is 0.0377. The molecule has 0 amide bonds. The van der Waals surface area contributed by atoms with Gasteiger partial charge in [-0.15, -0.1) is 0 Å². The van der Waals surface area contributed by atoms with Gasteiger partial charge in [0.15, 0.2) is 0 Å². The number of para-hydroxylation sites is 6. The Hall–Kier alpha value is -7.81. The van der Waals surface area contributed by atoms with E-state index in [4.69, 9.17) is 19.4 Å². The van der Waals surface area contributed by atoms with Gasteiger partial charge in [0.1, 0.15) is 28.2 Å². The standard InChI is InChI=1S/C53H36N6OSi/c1-3-17-35(18-4-1)61(36-19-5-2-6-20-36,37-31-32-49-41(33-37)40-23-9-16-30-48(40)60-49)52-55-50(57-43-25-11-7-21-38(43)39-22-8-12-26-44(39)57)34-51(56-52)59-47-29-15-14-28-46(47)58-45-27-13-10-24-42(45)54-53(58)59/h1-11,13-25,27-34H,12,26H2. The molecule has 1 aliphatic carbocycles. The second-order valence-electron chi connectivity index (χ2n) is 15.9. The Morgan fingerprint density at radius 3 is 1.89 bits per heavy atom. The SMILES string of the molecule is C1=Cc2c(n(-c3cc(-n4c5ccccc5n5c6ccccc6nc45)nc([Si](c4ccccc4)(c4ccccc4)c4ccc5oc6ccccc6c5c4)n3)c3ccccc23)CC1. The lowest BCUT2D eigenvalue weighted by atomic mass is 10.0. The molecule has 1 aliphatic rings. The molecule has 5 heterocycles. The third-order valence-corrected chi connectivity index (χ3v) is 17.1. The zero-order chi connectivity index (χ0) is 40.1. The van der Waals surface area contributed by atoms with Crippen molar-refractivity contribution in [1.29, 1.82) is 0 Å². The fourth-order valence-electron chi connectivity index (χ4n) is 10.1. The molecule has 61 heavy (non-hydrogen) atoms. The van der Waals surface area contributed by atoms with Crippen molar-refractivity contribution in [2.45, 2.75) is 12.8 Å². The second kappa shape index (κ2) is 13.1. The average molecular weight is 801 g/mol. The molecule has 0 atom stereocenters. The molecule has 0 saturated carbocycles. The zero-order valence-electron chi connectivity index (χ0n) is 33.0. The number of rotatable bonds is 6. The largest absolute Gasteiger partial charge is 0.456 e. The van der Waals surface area contributed by atoms with Crippen molar-refractivity contribution in [3.8, 4) is 11.6 Å². The maximum Gasteiger partial charge on any atom is 0.226 e. The summed E-state index contributed by atoms with van der Waals surface area (Å²) in [5.41, 5.74) is 10.2. The summed E-state index contributed by atoms with van der Waals surface area (Å²) in [6, 6.07) is 64.8. The Balaban J connectivity index is 1.22. The van der Waals surface area contributed by atoms with Gasteiger partial charge in [-0.1, -0.05) is 146 Å². The van der Waals surface area contributed by atoms with E-state index in [9.17, 15) is 0 Å². The van der Waals surface area contributed by atoms with E-state index in [-0.39, 0.29) is 0 Å². The highest BCUT2D eigenvalue weighted by Gasteiger charge is 2.46. The summed E-state index contributed by atoms with van der Waals surface area (Å²) < 4.78 is 13.3. The maximum atomic E-state index is 6.44. The van der Waals surface area contributed by atoms with E-state index in [1.165, 1.54) is 32.2 Å². The summed E-state index contributed by atoms with van der Waals surface area (Å²) >= 11 is 0. The minimum atomic E-state index is -3.37. The van der Waals surface area contributed by atoms with Crippen molar-refractivity contribution in [2.24, 2.45) is 0 Å². The lowest BCUT2D eigenvalue weighted by Gasteiger charge is -2.32. The average Bonchev–Trinajstić information content (AvgIpc) is 4.07. The van der Waals surface area contributed by atoms with Crippen LogP contribution in [0.1, 0.15) is 17.7 Å². The Morgan fingerprint density at radius 2 is 1.10 bits per heavy atom. The molecule has 13 rings (SSSR count). The predicted octanol–water partition coefficient (Wildman–Crippen LogP) is 9.40.